The van der Waals surface area contributed by atoms with Crippen molar-refractivity contribution in [1.82, 2.24) is 95.4 Å². The smallest absolute Gasteiger partial charge is 0.490 e. The Balaban J connectivity index is 0.0000100. The molecule has 0 bridgehead atoms. The fourth-order valence-corrected chi connectivity index (χ4v) is 15.2. The molecule has 0 radical (unpaired) electrons. The van der Waals surface area contributed by atoms with E-state index in [-0.39, 0.29) is 41.8 Å². The molecule has 0 fully saturated rings. The van der Waals surface area contributed by atoms with Crippen molar-refractivity contribution in [2.75, 3.05) is 34.9 Å². The van der Waals surface area contributed by atoms with Crippen molar-refractivity contribution < 1.29 is 189 Å². The average Bonchev–Trinajstić information content (AvgIpc) is 1.68. The Kier molecular flexibility index (Phi) is 55.9. The largest absolute Gasteiger partial charge is 0.508 e. The zero-order chi connectivity index (χ0) is 112. The van der Waals surface area contributed by atoms with Gasteiger partial charge in [0.1, 0.15) is 84.3 Å². The molecule has 0 aliphatic rings. The first-order valence-corrected chi connectivity index (χ1v) is 47.5. The number of phenolic OH excluding ortho intramolecular Hbond substituents is 1. The predicted octanol–water partition coefficient (Wildman–Crippen LogP) is -10.3. The number of aliphatic hydroxyl groups is 4. The highest BCUT2D eigenvalue weighted by atomic mass is 32.2. The second-order valence-electron chi connectivity index (χ2n) is 32.5. The lowest BCUT2D eigenvalue weighted by Crippen LogP contribution is -2.64. The van der Waals surface area contributed by atoms with Crippen LogP contribution in [0, 0.1) is 0 Å². The van der Waals surface area contributed by atoms with Crippen LogP contribution in [0.25, 0.3) is 10.9 Å². The number of halogens is 3. The van der Waals surface area contributed by atoms with Gasteiger partial charge in [-0.3, -0.25) is 110 Å². The number of phenols is 1. The number of thioether (sulfide) groups is 3. The van der Waals surface area contributed by atoms with Gasteiger partial charge in [0.05, 0.1) is 60.9 Å². The van der Waals surface area contributed by atoms with E-state index in [9.17, 15) is 179 Å². The number of para-hydroxylation sites is 1. The van der Waals surface area contributed by atoms with Crippen LogP contribution in [0.5, 0.6) is 5.75 Å². The zero-order valence-electron chi connectivity index (χ0n) is 79.6. The summed E-state index contributed by atoms with van der Waals surface area (Å²) in [5.74, 6) is -37.2. The fraction of sp³-hybridized carbons (Fsp3) is 0.536. The van der Waals surface area contributed by atoms with Crippen LogP contribution in [-0.4, -0.2) is 365 Å². The number of nitrogens with two attached hydrogens (primary N) is 3. The van der Waals surface area contributed by atoms with Crippen LogP contribution in [0.15, 0.2) is 54.7 Å². The van der Waals surface area contributed by atoms with Crippen LogP contribution in [0.2, 0.25) is 0 Å². The first-order chi connectivity index (χ1) is 68.5. The second kappa shape index (κ2) is 64.1. The van der Waals surface area contributed by atoms with Gasteiger partial charge in [-0.05, 0) is 82.7 Å². The number of carbonyl (C=O) groups is 25. The summed E-state index contributed by atoms with van der Waals surface area (Å²) in [5.41, 5.74) is 18.1. The van der Waals surface area contributed by atoms with Crippen LogP contribution in [0.4, 0.5) is 13.2 Å². The summed E-state index contributed by atoms with van der Waals surface area (Å²) in [4.78, 5) is 332. The lowest BCUT2D eigenvalue weighted by atomic mass is 10.0. The molecular formula is C84H120F3N21O36S3. The number of fused-ring (bicyclic) bond motifs is 1. The predicted molar refractivity (Wildman–Crippen MR) is 505 cm³/mol. The zero-order valence-corrected chi connectivity index (χ0v) is 82.1. The van der Waals surface area contributed by atoms with Gasteiger partial charge in [-0.2, -0.15) is 13.2 Å². The van der Waals surface area contributed by atoms with Crippen molar-refractivity contribution in [2.45, 2.75) is 247 Å². The van der Waals surface area contributed by atoms with Gasteiger partial charge >= 0.3 is 42.0 Å². The van der Waals surface area contributed by atoms with Crippen molar-refractivity contribution in [3.05, 3.63) is 65.9 Å². The number of hydrogen-bond acceptors (Lipinski definition) is 34. The lowest BCUT2D eigenvalue weighted by Gasteiger charge is -2.29. The van der Waals surface area contributed by atoms with Crippen LogP contribution in [-0.2, 0) is 133 Å². The molecule has 147 heavy (non-hydrogen) atoms. The maximum absolute atomic E-state index is 14.6. The maximum atomic E-state index is 14.6. The maximum Gasteiger partial charge on any atom is 0.490 e. The van der Waals surface area contributed by atoms with Gasteiger partial charge < -0.3 is 169 Å². The van der Waals surface area contributed by atoms with E-state index in [1.54, 1.807) is 24.3 Å². The molecule has 57 nitrogen and oxygen atoms in total. The number of carboxylic acid groups (broad SMARTS) is 6. The molecular weight excluding hydrogens is 2030 g/mol. The van der Waals surface area contributed by atoms with Gasteiger partial charge in [0.2, 0.25) is 112 Å². The molecule has 0 spiro atoms. The molecule has 19 atom stereocenters. The van der Waals surface area contributed by atoms with Gasteiger partial charge in [-0.15, -0.1) is 35.3 Å². The van der Waals surface area contributed by atoms with E-state index in [1.807, 2.05) is 16.0 Å². The quantitative estimate of drug-likeness (QED) is 0.0184. The Morgan fingerprint density at radius 3 is 1.01 bits per heavy atom. The van der Waals surface area contributed by atoms with E-state index in [4.69, 9.17) is 27.1 Å². The number of aliphatic carboxylic acids is 6. The molecule has 0 saturated carbocycles. The summed E-state index contributed by atoms with van der Waals surface area (Å²) < 4.78 is 31.7. The molecule has 63 heteroatoms. The minimum absolute atomic E-state index is 0.204. The van der Waals surface area contributed by atoms with E-state index in [0.29, 0.717) is 28.2 Å². The number of carbonyl (C=O) groups excluding carboxylic acids is 19. The van der Waals surface area contributed by atoms with Crippen LogP contribution in [0.1, 0.15) is 124 Å². The number of rotatable bonds is 65. The van der Waals surface area contributed by atoms with Crippen molar-refractivity contribution in [2.24, 2.45) is 17.2 Å². The lowest BCUT2D eigenvalue weighted by molar-refractivity contribution is -0.192. The van der Waals surface area contributed by atoms with Crippen LogP contribution in [0.3, 0.4) is 0 Å². The summed E-state index contributed by atoms with van der Waals surface area (Å²) in [5, 5.41) is 148. The highest BCUT2D eigenvalue weighted by Gasteiger charge is 2.43. The number of benzene rings is 2. The van der Waals surface area contributed by atoms with E-state index in [1.165, 1.54) is 30.5 Å². The third kappa shape index (κ3) is 49.5. The number of aromatic nitrogens is 1. The molecule has 3 aromatic rings. The molecule has 35 N–H and O–H groups in total. The number of aromatic hydroxyl groups is 1. The van der Waals surface area contributed by atoms with Gasteiger partial charge in [0, 0.05) is 93.7 Å². The molecule has 0 saturated heterocycles. The molecule has 19 amide bonds. The van der Waals surface area contributed by atoms with Gasteiger partial charge in [-0.1, -0.05) is 30.3 Å². The average molecular weight is 2150 g/mol. The summed E-state index contributed by atoms with van der Waals surface area (Å²) in [6.45, 7) is 7.11. The molecule has 0 aliphatic heterocycles. The normalized spacial score (nSPS) is 14.9. The minimum Gasteiger partial charge on any atom is -0.508 e. The summed E-state index contributed by atoms with van der Waals surface area (Å²) in [7, 11) is 0. The third-order valence-electron chi connectivity index (χ3n) is 20.2. The van der Waals surface area contributed by atoms with E-state index < -0.39 is 351 Å². The van der Waals surface area contributed by atoms with Crippen molar-refractivity contribution >= 4 is 194 Å². The van der Waals surface area contributed by atoms with Crippen molar-refractivity contribution in [1.29, 1.82) is 0 Å². The van der Waals surface area contributed by atoms with E-state index >= 15 is 0 Å². The topological polar surface area (TPSA) is 948 Å². The van der Waals surface area contributed by atoms with Crippen molar-refractivity contribution in [3.8, 4) is 5.75 Å². The molecule has 3 rings (SSSR count). The highest BCUT2D eigenvalue weighted by Crippen LogP contribution is 2.22. The first-order valence-electron chi connectivity index (χ1n) is 44.0. The van der Waals surface area contributed by atoms with Crippen molar-refractivity contribution in [3.63, 3.8) is 0 Å². The Morgan fingerprint density at radius 2 is 0.653 bits per heavy atom. The summed E-state index contributed by atoms with van der Waals surface area (Å²) in [6, 6.07) is -18.3. The minimum atomic E-state index is -5.08. The van der Waals surface area contributed by atoms with Gasteiger partial charge in [0.25, 0.3) is 0 Å². The number of alkyl halides is 3. The number of H-pyrrole nitrogens is 1. The Labute approximate surface area is 845 Å². The second-order valence-corrected chi connectivity index (χ2v) is 35.6. The molecule has 2 aromatic carbocycles. The number of aromatic amines is 1. The number of carboxylic acids is 6. The number of hydrogen-bond donors (Lipinski definition) is 32. The van der Waals surface area contributed by atoms with Crippen LogP contribution >= 0.6 is 35.3 Å². The number of aliphatic hydroxyl groups excluding tert-OH is 4. The highest BCUT2D eigenvalue weighted by molar-refractivity contribution is 7.99. The standard InChI is InChI=1S/C82H119N21O34S3.C2HF3O2/c1-35(104)64(100-69(123)48(17-20-58(84)112)90-73(127)52(93-68(122)46(83)16-21-60(114)115)25-43-28-86-47-11-9-8-10-45(43)47)79(133)96-54(27-63(120)121)75(129)95-53(26-59(85)113)74(128)97-55(29-138-32-87-39(5)108)76(130)92-49(18-22-61(116)117)70(124)101-65(36(2)105)80(134)99-57(31-140-34-89-41(7)110)78(132)102-66(37(3)106)81(135)98-56(30-139-33-88-40(6)109)77(131)94-51(24-42-12-14-44(111)15-13-42)72(126)91-50(19-23-62(118)119)71(125)103-67(38(4)107)82(136)137;3-2(4,5)1(6)7/h8-15,28,35-38,46,48-57,64-67,86,104-107,111H,16-27,29-34,83H2,1-7H3,(H2,84,112)(H2,85,113)(H,87,108)(H,88,109)(H,89,110)(H,90,127)(H,91,126)(H,92,130)(H,93,122)(H,94,131)(H,95,129)(H,96,133)(H,97,128)(H,98,135)(H,99,134)(H,100,123)(H,101,124)(H,102,132)(H,103,125)(H,114,115)(H,116,117)(H,118,119)(H,120,121)(H,136,137);(H,6,7). The van der Waals surface area contributed by atoms with Crippen LogP contribution < -0.4 is 108 Å². The molecule has 816 valence electrons. The monoisotopic (exact) mass is 2150 g/mol. The van der Waals surface area contributed by atoms with E-state index in [0.717, 1.165) is 72.0 Å². The first kappa shape index (κ1) is 128. The third-order valence-corrected chi connectivity index (χ3v) is 22.9. The Morgan fingerprint density at radius 1 is 0.354 bits per heavy atom. The summed E-state index contributed by atoms with van der Waals surface area (Å²) >= 11 is 2.18. The van der Waals surface area contributed by atoms with Gasteiger partial charge in [0.15, 0.2) is 6.04 Å². The number of nitrogens with one attached hydrogen (secondary N) is 18. The number of amides is 19. The Hall–Kier alpha value is -14.8. The summed E-state index contributed by atoms with van der Waals surface area (Å²) in [6.07, 6.45) is -20.5. The number of primary amides is 2. The molecule has 1 heterocycles. The fourth-order valence-electron chi connectivity index (χ4n) is 12.5. The molecule has 0 aliphatic carbocycles. The van der Waals surface area contributed by atoms with Gasteiger partial charge in [-0.25, -0.2) is 9.59 Å². The Bertz CT molecular complexity index is 5160. The van der Waals surface area contributed by atoms with E-state index in [2.05, 4.69) is 79.4 Å². The molecule has 1 aromatic heterocycles. The molecule has 19 unspecified atom stereocenters. The SMILES string of the molecule is CC(=O)NCSCC(NC(=O)C(CC(N)=O)NC(=O)C(CC(=O)O)NC(=O)C(NC(=O)C(CCC(N)=O)NC(=O)C(Cc1c[nH]c2ccccc12)NC(=O)C(N)CCC(=O)O)C(C)O)C(=O)NC(CCC(=O)O)C(=O)NC(C(=O)NC(CSCNC(C)=O)C(=O)NC(C(=O)NC(CSCNC(C)=O)C(=O)NC(Cc1ccc(O)cc1)C(=O)NC(CCC(=O)O)C(=O)NC(C(=O)O)C(C)O)C(C)O)C(C)O.O=C(O)C(F)(F)F.